The quantitative estimate of drug-likeness (QED) is 0.386. The van der Waals surface area contributed by atoms with Gasteiger partial charge in [-0.1, -0.05) is 13.2 Å². The lowest BCUT2D eigenvalue weighted by Crippen LogP contribution is -2.19. The van der Waals surface area contributed by atoms with Crippen LogP contribution in [-0.4, -0.2) is 24.7 Å². The van der Waals surface area contributed by atoms with Gasteiger partial charge in [0.25, 0.3) is 12.7 Å². The van der Waals surface area contributed by atoms with Crippen LogP contribution in [0.25, 0.3) is 0 Å². The third-order valence-electron chi connectivity index (χ3n) is 1.15. The van der Waals surface area contributed by atoms with E-state index < -0.39 is 31.1 Å². The number of carbonyl (C=O) groups is 2. The summed E-state index contributed by atoms with van der Waals surface area (Å²) in [5.74, 6) is -2.33. The number of carbonyl (C=O) groups excluding carboxylic acids is 2. The molecule has 0 aliphatic rings. The van der Waals surface area contributed by atoms with Crippen LogP contribution in [0.5, 0.6) is 0 Å². The van der Waals surface area contributed by atoms with E-state index in [0.29, 0.717) is 0 Å². The highest BCUT2D eigenvalue weighted by atomic mass is 19.1. The van der Waals surface area contributed by atoms with Crippen molar-refractivity contribution in [3.63, 3.8) is 0 Å². The maximum atomic E-state index is 12.4. The molecule has 84 valence electrons. The minimum atomic E-state index is -1.99. The number of alkyl halides is 2. The first-order valence-electron chi connectivity index (χ1n) is 3.91. The third kappa shape index (κ3) is 6.36. The Bertz CT molecular complexity index is 239. The van der Waals surface area contributed by atoms with Gasteiger partial charge in [0.2, 0.25) is 0 Å². The van der Waals surface area contributed by atoms with Crippen LogP contribution in [0.15, 0.2) is 25.3 Å². The van der Waals surface area contributed by atoms with Crippen LogP contribution in [-0.2, 0) is 19.1 Å². The second kappa shape index (κ2) is 6.69. The highest BCUT2D eigenvalue weighted by molar-refractivity contribution is 5.91. The third-order valence-corrected chi connectivity index (χ3v) is 1.15. The number of hydrogen-bond acceptors (Lipinski definition) is 4. The van der Waals surface area contributed by atoms with Gasteiger partial charge in [-0.25, -0.2) is 0 Å². The van der Waals surface area contributed by atoms with E-state index in [-0.39, 0.29) is 0 Å². The maximum Gasteiger partial charge on any atom is 0.319 e. The fraction of sp³-hybridized carbons (Fsp3) is 0.333. The molecule has 0 rings (SSSR count). The lowest BCUT2D eigenvalue weighted by Gasteiger charge is -2.07. The molecular weight excluding hydrogens is 210 g/mol. The van der Waals surface area contributed by atoms with Crippen molar-refractivity contribution in [2.45, 2.75) is 19.1 Å². The average molecular weight is 220 g/mol. The van der Waals surface area contributed by atoms with Gasteiger partial charge in [-0.15, -0.1) is 0 Å². The molecule has 0 bridgehead atoms. The van der Waals surface area contributed by atoms with Gasteiger partial charge < -0.3 is 9.47 Å². The Balaban J connectivity index is 3.91. The Labute approximate surface area is 85.2 Å². The Morgan fingerprint density at radius 2 is 1.40 bits per heavy atom. The molecule has 0 fully saturated rings. The van der Waals surface area contributed by atoms with Crippen molar-refractivity contribution in [2.24, 2.45) is 0 Å². The first kappa shape index (κ1) is 13.3. The molecule has 4 nitrogen and oxygen atoms in total. The van der Waals surface area contributed by atoms with Gasteiger partial charge >= 0.3 is 11.9 Å². The summed E-state index contributed by atoms with van der Waals surface area (Å²) in [7, 11) is 0. The van der Waals surface area contributed by atoms with Gasteiger partial charge in [-0.3, -0.25) is 9.59 Å². The number of hydrogen-bond donors (Lipinski definition) is 0. The molecular formula is C9H10F2O4. The molecule has 0 radical (unpaired) electrons. The van der Waals surface area contributed by atoms with Crippen molar-refractivity contribution >= 4 is 11.9 Å². The maximum absolute atomic E-state index is 12.4. The summed E-state index contributed by atoms with van der Waals surface area (Å²) >= 11 is 0. The van der Waals surface area contributed by atoms with Crippen molar-refractivity contribution in [1.29, 1.82) is 0 Å². The standard InChI is InChI=1S/C9H10F2O4/c1-3-6(10)14-8(12)5-9(13)15-7(11)4-2/h3-4,6-7H,1-2,5H2. The number of ether oxygens (including phenoxy) is 2. The molecule has 0 aliphatic heterocycles. The largest absolute Gasteiger partial charge is 0.427 e. The van der Waals surface area contributed by atoms with Crippen LogP contribution < -0.4 is 0 Å². The molecule has 0 saturated heterocycles. The van der Waals surface area contributed by atoms with Gasteiger partial charge in [0.05, 0.1) is 0 Å². The van der Waals surface area contributed by atoms with Crippen LogP contribution in [0.1, 0.15) is 6.42 Å². The molecule has 0 aromatic heterocycles. The summed E-state index contributed by atoms with van der Waals surface area (Å²) in [6, 6.07) is 0. The van der Waals surface area contributed by atoms with Crippen molar-refractivity contribution in [2.75, 3.05) is 0 Å². The molecule has 0 spiro atoms. The minimum absolute atomic E-state index is 0.727. The summed E-state index contributed by atoms with van der Waals surface area (Å²) in [5.41, 5.74) is 0. The van der Waals surface area contributed by atoms with E-state index in [1.54, 1.807) is 0 Å². The first-order chi connectivity index (χ1) is 6.99. The van der Waals surface area contributed by atoms with Crippen LogP contribution >= 0.6 is 0 Å². The van der Waals surface area contributed by atoms with Crippen molar-refractivity contribution in [3.05, 3.63) is 25.3 Å². The lowest BCUT2D eigenvalue weighted by atomic mass is 10.4. The molecule has 0 N–H and O–H groups in total. The Kier molecular flexibility index (Phi) is 5.92. The highest BCUT2D eigenvalue weighted by Gasteiger charge is 2.17. The zero-order chi connectivity index (χ0) is 11.8. The topological polar surface area (TPSA) is 52.6 Å². The number of halogens is 2. The van der Waals surface area contributed by atoms with E-state index >= 15 is 0 Å². The van der Waals surface area contributed by atoms with Crippen molar-refractivity contribution in [3.8, 4) is 0 Å². The highest BCUT2D eigenvalue weighted by Crippen LogP contribution is 2.02. The molecule has 6 heteroatoms. The summed E-state index contributed by atoms with van der Waals surface area (Å²) in [6.07, 6.45) is -3.41. The van der Waals surface area contributed by atoms with Gasteiger partial charge in [0, 0.05) is 0 Å². The van der Waals surface area contributed by atoms with Gasteiger partial charge in [0.15, 0.2) is 0 Å². The predicted molar refractivity (Wildman–Crippen MR) is 47.0 cm³/mol. The van der Waals surface area contributed by atoms with Gasteiger partial charge in [0.1, 0.15) is 6.42 Å². The van der Waals surface area contributed by atoms with Crippen LogP contribution in [0.3, 0.4) is 0 Å². The molecule has 0 aromatic rings. The van der Waals surface area contributed by atoms with Crippen LogP contribution in [0.4, 0.5) is 8.78 Å². The SMILES string of the molecule is C=CC(F)OC(=O)CC(=O)OC(F)C=C. The molecule has 2 unspecified atom stereocenters. The Morgan fingerprint density at radius 1 is 1.07 bits per heavy atom. The van der Waals surface area contributed by atoms with E-state index in [4.69, 9.17) is 0 Å². The van der Waals surface area contributed by atoms with Crippen molar-refractivity contribution < 1.29 is 27.8 Å². The number of rotatable bonds is 6. The van der Waals surface area contributed by atoms with E-state index in [2.05, 4.69) is 22.6 Å². The predicted octanol–water partition coefficient (Wildman–Crippen LogP) is 1.43. The fourth-order valence-electron chi connectivity index (χ4n) is 0.549. The van der Waals surface area contributed by atoms with E-state index in [9.17, 15) is 18.4 Å². The summed E-state index contributed by atoms with van der Waals surface area (Å²) in [6.45, 7) is 6.03. The smallest absolute Gasteiger partial charge is 0.319 e. The second-order valence-corrected chi connectivity index (χ2v) is 2.33. The first-order valence-corrected chi connectivity index (χ1v) is 3.91. The molecule has 2 atom stereocenters. The molecule has 0 saturated carbocycles. The van der Waals surface area contributed by atoms with Gasteiger partial charge in [-0.05, 0) is 12.2 Å². The summed E-state index contributed by atoms with van der Waals surface area (Å²) in [4.78, 5) is 21.5. The van der Waals surface area contributed by atoms with Gasteiger partial charge in [-0.2, -0.15) is 8.78 Å². The number of esters is 2. The Morgan fingerprint density at radius 3 is 1.67 bits per heavy atom. The van der Waals surface area contributed by atoms with Crippen LogP contribution in [0.2, 0.25) is 0 Å². The minimum Gasteiger partial charge on any atom is -0.427 e. The van der Waals surface area contributed by atoms with E-state index in [1.807, 2.05) is 0 Å². The normalized spacial score (nSPS) is 13.5. The molecule has 0 aromatic carbocycles. The fourth-order valence-corrected chi connectivity index (χ4v) is 0.549. The van der Waals surface area contributed by atoms with E-state index in [0.717, 1.165) is 12.2 Å². The molecule has 0 aliphatic carbocycles. The summed E-state index contributed by atoms with van der Waals surface area (Å²) in [5, 5.41) is 0. The molecule has 0 amide bonds. The monoisotopic (exact) mass is 220 g/mol. The average Bonchev–Trinajstić information content (AvgIpc) is 2.16. The molecule has 15 heavy (non-hydrogen) atoms. The van der Waals surface area contributed by atoms with Crippen molar-refractivity contribution in [1.82, 2.24) is 0 Å². The van der Waals surface area contributed by atoms with E-state index in [1.165, 1.54) is 0 Å². The Hall–Kier alpha value is -1.72. The second-order valence-electron chi connectivity index (χ2n) is 2.33. The van der Waals surface area contributed by atoms with Crippen LogP contribution in [0, 0.1) is 0 Å². The lowest BCUT2D eigenvalue weighted by molar-refractivity contribution is -0.164. The molecule has 0 heterocycles. The summed E-state index contributed by atoms with van der Waals surface area (Å²) < 4.78 is 32.7. The zero-order valence-electron chi connectivity index (χ0n) is 7.82. The zero-order valence-corrected chi connectivity index (χ0v) is 7.82.